The molecular weight excluding hydrogens is 368 g/mol. The summed E-state index contributed by atoms with van der Waals surface area (Å²) in [6.45, 7) is 6.80. The molecular formula is C21H26N6O2. The van der Waals surface area contributed by atoms with E-state index in [1.54, 1.807) is 0 Å². The highest BCUT2D eigenvalue weighted by Crippen LogP contribution is 2.26. The maximum absolute atomic E-state index is 12.5. The summed E-state index contributed by atoms with van der Waals surface area (Å²) in [7, 11) is 1.93. The van der Waals surface area contributed by atoms with Crippen LogP contribution in [-0.2, 0) is 18.3 Å². The van der Waals surface area contributed by atoms with Gasteiger partial charge >= 0.3 is 0 Å². The largest absolute Gasteiger partial charge is 0.484 e. The second-order valence-corrected chi connectivity index (χ2v) is 7.19. The Labute approximate surface area is 170 Å². The van der Waals surface area contributed by atoms with Crippen LogP contribution in [0.3, 0.4) is 0 Å². The number of anilines is 1. The number of nitrogens with zero attached hydrogens (tertiary/aromatic N) is 6. The van der Waals surface area contributed by atoms with Crippen LogP contribution in [0.1, 0.15) is 18.4 Å². The summed E-state index contributed by atoms with van der Waals surface area (Å²) in [6.07, 6.45) is 0.770. The van der Waals surface area contributed by atoms with Crippen molar-refractivity contribution in [2.24, 2.45) is 7.05 Å². The van der Waals surface area contributed by atoms with E-state index < -0.39 is 0 Å². The lowest BCUT2D eigenvalue weighted by Crippen LogP contribution is -2.50. The van der Waals surface area contributed by atoms with Crippen LogP contribution in [0.25, 0.3) is 11.0 Å². The number of hydrogen-bond acceptors (Lipinski definition) is 6. The van der Waals surface area contributed by atoms with Gasteiger partial charge in [0.2, 0.25) is 0 Å². The maximum Gasteiger partial charge on any atom is 0.260 e. The number of ether oxygens (including phenoxy) is 1. The Morgan fingerprint density at radius 1 is 1.10 bits per heavy atom. The third-order valence-electron chi connectivity index (χ3n) is 5.23. The number of aryl methyl sites for hydroxylation is 3. The number of aromatic nitrogens is 4. The van der Waals surface area contributed by atoms with Gasteiger partial charge in [-0.05, 0) is 19.1 Å². The van der Waals surface area contributed by atoms with Gasteiger partial charge in [0, 0.05) is 39.6 Å². The van der Waals surface area contributed by atoms with Crippen LogP contribution in [0.4, 0.5) is 5.82 Å². The number of amides is 1. The molecule has 1 fully saturated rings. The van der Waals surface area contributed by atoms with Crippen molar-refractivity contribution in [2.45, 2.75) is 20.3 Å². The Morgan fingerprint density at radius 3 is 2.52 bits per heavy atom. The van der Waals surface area contributed by atoms with E-state index in [-0.39, 0.29) is 12.5 Å². The molecule has 8 heteroatoms. The number of piperazine rings is 1. The van der Waals surface area contributed by atoms with E-state index in [2.05, 4.69) is 21.9 Å². The Hall–Kier alpha value is -3.16. The van der Waals surface area contributed by atoms with Crippen molar-refractivity contribution in [2.75, 3.05) is 37.7 Å². The molecule has 1 amide bonds. The van der Waals surface area contributed by atoms with Crippen LogP contribution in [0.2, 0.25) is 0 Å². The highest BCUT2D eigenvalue weighted by molar-refractivity contribution is 5.88. The first-order valence-electron chi connectivity index (χ1n) is 9.97. The predicted molar refractivity (Wildman–Crippen MR) is 111 cm³/mol. The lowest BCUT2D eigenvalue weighted by atomic mass is 10.2. The van der Waals surface area contributed by atoms with Crippen LogP contribution >= 0.6 is 0 Å². The summed E-state index contributed by atoms with van der Waals surface area (Å²) >= 11 is 0. The van der Waals surface area contributed by atoms with E-state index in [0.717, 1.165) is 47.9 Å². The summed E-state index contributed by atoms with van der Waals surface area (Å²) in [5.41, 5.74) is 2.77. The second kappa shape index (κ2) is 8.06. The summed E-state index contributed by atoms with van der Waals surface area (Å²) in [4.78, 5) is 26.1. The number of hydrogen-bond donors (Lipinski definition) is 0. The lowest BCUT2D eigenvalue weighted by molar-refractivity contribution is -0.133. The molecule has 1 saturated heterocycles. The van der Waals surface area contributed by atoms with Gasteiger partial charge in [-0.25, -0.2) is 9.97 Å². The van der Waals surface area contributed by atoms with Crippen LogP contribution in [0.5, 0.6) is 5.75 Å². The standard InChI is InChI=1S/C21H26N6O2/c1-4-17-22-19-15(2)24-25(3)20(19)21(23-17)27-12-10-26(11-13-27)18(28)14-29-16-8-6-5-7-9-16/h5-9H,4,10-14H2,1-3H3. The minimum Gasteiger partial charge on any atom is -0.484 e. The molecule has 0 saturated carbocycles. The van der Waals surface area contributed by atoms with Gasteiger partial charge in [-0.1, -0.05) is 25.1 Å². The van der Waals surface area contributed by atoms with Gasteiger partial charge in [-0.2, -0.15) is 5.10 Å². The molecule has 0 N–H and O–H groups in total. The number of rotatable bonds is 5. The molecule has 1 aromatic carbocycles. The van der Waals surface area contributed by atoms with E-state index in [9.17, 15) is 4.79 Å². The van der Waals surface area contributed by atoms with Gasteiger partial charge in [0.1, 0.15) is 22.6 Å². The quantitative estimate of drug-likeness (QED) is 0.659. The summed E-state index contributed by atoms with van der Waals surface area (Å²) < 4.78 is 7.45. The third kappa shape index (κ3) is 3.87. The fraction of sp³-hybridized carbons (Fsp3) is 0.429. The minimum absolute atomic E-state index is 0.00645. The molecule has 152 valence electrons. The van der Waals surface area contributed by atoms with Crippen molar-refractivity contribution < 1.29 is 9.53 Å². The van der Waals surface area contributed by atoms with Gasteiger partial charge in [0.25, 0.3) is 5.91 Å². The van der Waals surface area contributed by atoms with Crippen molar-refractivity contribution in [1.82, 2.24) is 24.6 Å². The second-order valence-electron chi connectivity index (χ2n) is 7.19. The minimum atomic E-state index is 0.00645. The van der Waals surface area contributed by atoms with Gasteiger partial charge in [0.05, 0.1) is 5.69 Å². The molecule has 0 aliphatic carbocycles. The average Bonchev–Trinajstić information content (AvgIpc) is 3.05. The number of carbonyl (C=O) groups is 1. The Morgan fingerprint density at radius 2 is 1.83 bits per heavy atom. The van der Waals surface area contributed by atoms with Crippen LogP contribution in [0.15, 0.2) is 30.3 Å². The lowest BCUT2D eigenvalue weighted by Gasteiger charge is -2.35. The molecule has 0 atom stereocenters. The van der Waals surface area contributed by atoms with Crippen molar-refractivity contribution >= 4 is 22.8 Å². The third-order valence-corrected chi connectivity index (χ3v) is 5.23. The molecule has 0 radical (unpaired) electrons. The highest BCUT2D eigenvalue weighted by atomic mass is 16.5. The van der Waals surface area contributed by atoms with Crippen LogP contribution in [0, 0.1) is 6.92 Å². The van der Waals surface area contributed by atoms with Gasteiger partial charge in [0.15, 0.2) is 12.4 Å². The highest BCUT2D eigenvalue weighted by Gasteiger charge is 2.25. The summed E-state index contributed by atoms with van der Waals surface area (Å²) in [5.74, 6) is 2.44. The summed E-state index contributed by atoms with van der Waals surface area (Å²) in [5, 5.41) is 4.52. The first-order chi connectivity index (χ1) is 14.1. The molecule has 1 aliphatic rings. The Bertz CT molecular complexity index is 1010. The van der Waals surface area contributed by atoms with Gasteiger partial charge < -0.3 is 14.5 Å². The summed E-state index contributed by atoms with van der Waals surface area (Å²) in [6, 6.07) is 9.42. The fourth-order valence-electron chi connectivity index (χ4n) is 3.66. The normalized spacial score (nSPS) is 14.4. The molecule has 8 nitrogen and oxygen atoms in total. The van der Waals surface area contributed by atoms with Crippen LogP contribution < -0.4 is 9.64 Å². The zero-order chi connectivity index (χ0) is 20.4. The van der Waals surface area contributed by atoms with Crippen LogP contribution in [-0.4, -0.2) is 63.3 Å². The van der Waals surface area contributed by atoms with Crippen molar-refractivity contribution in [3.63, 3.8) is 0 Å². The van der Waals surface area contributed by atoms with Gasteiger partial charge in [-0.3, -0.25) is 9.48 Å². The number of fused-ring (bicyclic) bond motifs is 1. The number of benzene rings is 1. The molecule has 3 aromatic rings. The smallest absolute Gasteiger partial charge is 0.260 e. The van der Waals surface area contributed by atoms with Crippen molar-refractivity contribution in [3.05, 3.63) is 41.9 Å². The molecule has 4 rings (SSSR count). The van der Waals surface area contributed by atoms with Crippen molar-refractivity contribution in [1.29, 1.82) is 0 Å². The Balaban J connectivity index is 1.45. The first-order valence-corrected chi connectivity index (χ1v) is 9.97. The monoisotopic (exact) mass is 394 g/mol. The maximum atomic E-state index is 12.5. The van der Waals surface area contributed by atoms with E-state index >= 15 is 0 Å². The molecule has 3 heterocycles. The molecule has 2 aromatic heterocycles. The Kier molecular flexibility index (Phi) is 5.33. The predicted octanol–water partition coefficient (Wildman–Crippen LogP) is 1.96. The molecule has 29 heavy (non-hydrogen) atoms. The van der Waals surface area contributed by atoms with Gasteiger partial charge in [-0.15, -0.1) is 0 Å². The molecule has 0 spiro atoms. The van der Waals surface area contributed by atoms with E-state index in [4.69, 9.17) is 9.72 Å². The fourth-order valence-corrected chi connectivity index (χ4v) is 3.66. The SMILES string of the molecule is CCc1nc(N2CCN(C(=O)COc3ccccc3)CC2)c2c(n1)c(C)nn2C. The zero-order valence-electron chi connectivity index (χ0n) is 17.1. The number of carbonyl (C=O) groups excluding carboxylic acids is 1. The molecule has 1 aliphatic heterocycles. The molecule has 0 unspecified atom stereocenters. The van der Waals surface area contributed by atoms with E-state index in [0.29, 0.717) is 18.8 Å². The molecule has 0 bridgehead atoms. The van der Waals surface area contributed by atoms with Crippen molar-refractivity contribution in [3.8, 4) is 5.75 Å². The topological polar surface area (TPSA) is 76.4 Å². The van der Waals surface area contributed by atoms with E-state index in [1.165, 1.54) is 0 Å². The number of para-hydroxylation sites is 1. The zero-order valence-corrected chi connectivity index (χ0v) is 17.1. The first kappa shape index (κ1) is 19.2. The van der Waals surface area contributed by atoms with E-state index in [1.807, 2.05) is 53.9 Å². The average molecular weight is 394 g/mol.